The van der Waals surface area contributed by atoms with Gasteiger partial charge < -0.3 is 10.3 Å². The molecule has 2 aliphatic rings. The Morgan fingerprint density at radius 1 is 1.04 bits per heavy atom. The molecular weight excluding hydrogens is 292 g/mol. The van der Waals surface area contributed by atoms with Crippen molar-refractivity contribution in [3.63, 3.8) is 0 Å². The van der Waals surface area contributed by atoms with Crippen LogP contribution in [0.3, 0.4) is 0 Å². The molecule has 0 radical (unpaired) electrons. The van der Waals surface area contributed by atoms with E-state index in [0.29, 0.717) is 31.0 Å². The number of aliphatic hydroxyl groups excluding tert-OH is 1. The molecule has 3 unspecified atom stereocenters. The molecule has 3 atom stereocenters. The number of piperidine rings is 2. The van der Waals surface area contributed by atoms with Gasteiger partial charge in [-0.15, -0.1) is 0 Å². The zero-order chi connectivity index (χ0) is 17.3. The van der Waals surface area contributed by atoms with Crippen LogP contribution in [0, 0.1) is 22.7 Å². The molecule has 2 saturated heterocycles. The number of hydroxylamine groups is 4. The van der Waals surface area contributed by atoms with Crippen LogP contribution in [-0.2, 0) is 4.84 Å². The lowest BCUT2D eigenvalue weighted by atomic mass is 9.75. The van der Waals surface area contributed by atoms with E-state index in [1.54, 1.807) is 0 Å². The molecular formula is C18H36N2O3. The van der Waals surface area contributed by atoms with E-state index in [1.807, 2.05) is 0 Å². The third-order valence-corrected chi connectivity index (χ3v) is 5.74. The molecule has 2 rings (SSSR count). The lowest BCUT2D eigenvalue weighted by Crippen LogP contribution is -2.48. The van der Waals surface area contributed by atoms with E-state index in [1.165, 1.54) is 17.9 Å². The molecule has 2 heterocycles. The summed E-state index contributed by atoms with van der Waals surface area (Å²) in [4.78, 5) is 6.15. The molecule has 0 saturated carbocycles. The summed E-state index contributed by atoms with van der Waals surface area (Å²) in [5, 5.41) is 23.1. The van der Waals surface area contributed by atoms with Gasteiger partial charge in [0.05, 0.1) is 12.7 Å². The fraction of sp³-hybridized carbons (Fsp3) is 1.00. The monoisotopic (exact) mass is 328 g/mol. The number of hydrogen-bond acceptors (Lipinski definition) is 5. The number of β-amino-alcohol motifs (C(OH)–C–C–N with tert-alkyl or cyclic N) is 1. The molecule has 5 heteroatoms. The third-order valence-electron chi connectivity index (χ3n) is 5.74. The highest BCUT2D eigenvalue weighted by Gasteiger charge is 2.37. The average molecular weight is 328 g/mol. The zero-order valence-electron chi connectivity index (χ0n) is 15.6. The standard InChI is InChI=1S/C18H36N2O3/c1-17(2,3)14-7-6-8-20(11-14)23-13-18(4,5)15-9-16(21)12-19(22)10-15/h14-16,21-22H,6-13H2,1-5H3. The minimum Gasteiger partial charge on any atom is -0.392 e. The largest absolute Gasteiger partial charge is 0.392 e. The minimum absolute atomic E-state index is 0.0724. The first-order chi connectivity index (χ1) is 10.6. The van der Waals surface area contributed by atoms with Crippen LogP contribution in [0.2, 0.25) is 0 Å². The van der Waals surface area contributed by atoms with Crippen molar-refractivity contribution in [2.45, 2.75) is 60.0 Å². The molecule has 2 fully saturated rings. The second-order valence-electron chi connectivity index (χ2n) is 9.31. The first kappa shape index (κ1) is 19.1. The van der Waals surface area contributed by atoms with Crippen LogP contribution in [0.15, 0.2) is 0 Å². The van der Waals surface area contributed by atoms with Crippen molar-refractivity contribution in [1.82, 2.24) is 10.1 Å². The Kier molecular flexibility index (Phi) is 6.12. The summed E-state index contributed by atoms with van der Waals surface area (Å²) in [6.07, 6.45) is 2.76. The van der Waals surface area contributed by atoms with Gasteiger partial charge in [-0.05, 0) is 41.9 Å². The van der Waals surface area contributed by atoms with E-state index in [0.717, 1.165) is 19.5 Å². The maximum absolute atomic E-state index is 9.90. The molecule has 23 heavy (non-hydrogen) atoms. The van der Waals surface area contributed by atoms with Gasteiger partial charge in [0.1, 0.15) is 0 Å². The van der Waals surface area contributed by atoms with E-state index in [2.05, 4.69) is 39.7 Å². The summed E-state index contributed by atoms with van der Waals surface area (Å²) in [6.45, 7) is 14.9. The average Bonchev–Trinajstić information content (AvgIpc) is 2.44. The van der Waals surface area contributed by atoms with E-state index in [9.17, 15) is 10.3 Å². The molecule has 0 spiro atoms. The summed E-state index contributed by atoms with van der Waals surface area (Å²) in [7, 11) is 0. The lowest BCUT2D eigenvalue weighted by Gasteiger charge is -2.43. The molecule has 0 aromatic rings. The van der Waals surface area contributed by atoms with Crippen LogP contribution < -0.4 is 0 Å². The molecule has 2 aliphatic heterocycles. The molecule has 136 valence electrons. The summed E-state index contributed by atoms with van der Waals surface area (Å²) in [6, 6.07) is 0. The van der Waals surface area contributed by atoms with Gasteiger partial charge in [0, 0.05) is 26.2 Å². The molecule has 0 aliphatic carbocycles. The smallest absolute Gasteiger partial charge is 0.0739 e. The Balaban J connectivity index is 1.86. The van der Waals surface area contributed by atoms with Crippen LogP contribution in [0.1, 0.15) is 53.9 Å². The van der Waals surface area contributed by atoms with E-state index in [-0.39, 0.29) is 11.3 Å². The van der Waals surface area contributed by atoms with Crippen molar-refractivity contribution < 1.29 is 15.2 Å². The van der Waals surface area contributed by atoms with Gasteiger partial charge in [-0.1, -0.05) is 34.6 Å². The molecule has 0 aromatic carbocycles. The Bertz CT molecular complexity index is 371. The van der Waals surface area contributed by atoms with Crippen LogP contribution in [0.25, 0.3) is 0 Å². The molecule has 2 N–H and O–H groups in total. The summed E-state index contributed by atoms with van der Waals surface area (Å²) in [5.41, 5.74) is 0.249. The maximum Gasteiger partial charge on any atom is 0.0739 e. The Morgan fingerprint density at radius 2 is 1.74 bits per heavy atom. The van der Waals surface area contributed by atoms with Gasteiger partial charge in [0.15, 0.2) is 0 Å². The van der Waals surface area contributed by atoms with Gasteiger partial charge in [-0.2, -0.15) is 10.1 Å². The van der Waals surface area contributed by atoms with Crippen molar-refractivity contribution in [3.05, 3.63) is 0 Å². The normalized spacial score (nSPS) is 32.2. The van der Waals surface area contributed by atoms with Crippen molar-refractivity contribution >= 4 is 0 Å². The SMILES string of the molecule is CC(C)(C)C1CCCN(OCC(C)(C)C2CC(O)CN(O)C2)C1. The van der Waals surface area contributed by atoms with Crippen LogP contribution in [0.5, 0.6) is 0 Å². The van der Waals surface area contributed by atoms with Crippen LogP contribution >= 0.6 is 0 Å². The van der Waals surface area contributed by atoms with Crippen molar-refractivity contribution in [2.75, 3.05) is 32.8 Å². The predicted octanol–water partition coefficient (Wildman–Crippen LogP) is 2.77. The van der Waals surface area contributed by atoms with Crippen LogP contribution in [0.4, 0.5) is 0 Å². The second-order valence-corrected chi connectivity index (χ2v) is 9.31. The Morgan fingerprint density at radius 3 is 2.35 bits per heavy atom. The molecule has 0 bridgehead atoms. The highest BCUT2D eigenvalue weighted by Crippen LogP contribution is 2.36. The summed E-state index contributed by atoms with van der Waals surface area (Å²) in [5.74, 6) is 0.906. The van der Waals surface area contributed by atoms with Crippen LogP contribution in [-0.4, -0.2) is 59.3 Å². The van der Waals surface area contributed by atoms with E-state index in [4.69, 9.17) is 4.84 Å². The minimum atomic E-state index is -0.446. The highest BCUT2D eigenvalue weighted by atomic mass is 16.7. The van der Waals surface area contributed by atoms with Gasteiger partial charge in [0.25, 0.3) is 0 Å². The second kappa shape index (κ2) is 7.36. The molecule has 0 amide bonds. The van der Waals surface area contributed by atoms with Gasteiger partial charge in [-0.3, -0.25) is 4.84 Å². The number of hydrogen-bond donors (Lipinski definition) is 2. The fourth-order valence-electron chi connectivity index (χ4n) is 3.76. The summed E-state index contributed by atoms with van der Waals surface area (Å²) < 4.78 is 0. The van der Waals surface area contributed by atoms with Crippen molar-refractivity contribution in [3.8, 4) is 0 Å². The zero-order valence-corrected chi connectivity index (χ0v) is 15.6. The fourth-order valence-corrected chi connectivity index (χ4v) is 3.76. The maximum atomic E-state index is 9.90. The predicted molar refractivity (Wildman–Crippen MR) is 91.0 cm³/mol. The van der Waals surface area contributed by atoms with Gasteiger partial charge in [-0.25, -0.2) is 0 Å². The number of nitrogens with zero attached hydrogens (tertiary/aromatic N) is 2. The van der Waals surface area contributed by atoms with E-state index >= 15 is 0 Å². The van der Waals surface area contributed by atoms with E-state index < -0.39 is 6.10 Å². The quantitative estimate of drug-likeness (QED) is 0.831. The summed E-state index contributed by atoms with van der Waals surface area (Å²) >= 11 is 0. The Labute approximate surface area is 141 Å². The van der Waals surface area contributed by atoms with Crippen molar-refractivity contribution in [1.29, 1.82) is 0 Å². The first-order valence-electron chi connectivity index (χ1n) is 9.07. The molecule has 0 aromatic heterocycles. The third kappa shape index (κ3) is 5.40. The van der Waals surface area contributed by atoms with Gasteiger partial charge in [0.2, 0.25) is 0 Å². The number of aliphatic hydroxyl groups is 1. The van der Waals surface area contributed by atoms with Crippen molar-refractivity contribution in [2.24, 2.45) is 22.7 Å². The molecule has 5 nitrogen and oxygen atoms in total. The van der Waals surface area contributed by atoms with Gasteiger partial charge >= 0.3 is 0 Å². The lowest BCUT2D eigenvalue weighted by molar-refractivity contribution is -0.220. The Hall–Kier alpha value is -0.200. The number of rotatable bonds is 4. The first-order valence-corrected chi connectivity index (χ1v) is 9.07. The highest BCUT2D eigenvalue weighted by molar-refractivity contribution is 4.86. The topological polar surface area (TPSA) is 56.2 Å².